The summed E-state index contributed by atoms with van der Waals surface area (Å²) in [5.74, 6) is -6.21. The van der Waals surface area contributed by atoms with Gasteiger partial charge in [-0.3, -0.25) is 4.79 Å². The van der Waals surface area contributed by atoms with E-state index < -0.39 is 99.5 Å². The lowest BCUT2D eigenvalue weighted by Gasteiger charge is -2.64. The van der Waals surface area contributed by atoms with Crippen LogP contribution in [-0.4, -0.2) is 119 Å². The Bertz CT molecular complexity index is 2250. The first-order valence-electron chi connectivity index (χ1n) is 20.1. The van der Waals surface area contributed by atoms with Gasteiger partial charge < -0.3 is 44.6 Å². The van der Waals surface area contributed by atoms with Crippen LogP contribution in [0.15, 0.2) is 18.2 Å². The summed E-state index contributed by atoms with van der Waals surface area (Å²) >= 11 is 6.75. The van der Waals surface area contributed by atoms with E-state index in [1.165, 1.54) is 27.4 Å². The number of halogens is 3. The molecule has 0 radical (unpaired) electrons. The molecule has 3 saturated carbocycles. The predicted molar refractivity (Wildman–Crippen MR) is 221 cm³/mol. The Labute approximate surface area is 364 Å². The second kappa shape index (κ2) is 17.3. The van der Waals surface area contributed by atoms with Crippen molar-refractivity contribution in [2.75, 3.05) is 46.7 Å². The van der Waals surface area contributed by atoms with Crippen LogP contribution in [0.25, 0.3) is 0 Å². The third-order valence-electron chi connectivity index (χ3n) is 12.4. The van der Waals surface area contributed by atoms with Crippen molar-refractivity contribution in [3.8, 4) is 17.2 Å². The monoisotopic (exact) mass is 911 g/mol. The third kappa shape index (κ3) is 8.49. The number of ether oxygens (including phenoxy) is 4. The van der Waals surface area contributed by atoms with Gasteiger partial charge in [-0.05, 0) is 81.9 Å². The molecule has 0 aromatic heterocycles. The fourth-order valence-corrected chi connectivity index (χ4v) is 10.7. The van der Waals surface area contributed by atoms with Crippen LogP contribution >= 0.6 is 11.6 Å². The van der Waals surface area contributed by atoms with Crippen molar-refractivity contribution in [1.82, 2.24) is 19.8 Å². The molecule has 2 aromatic carbocycles. The van der Waals surface area contributed by atoms with Crippen molar-refractivity contribution >= 4 is 52.7 Å². The molecule has 7 rings (SSSR count). The first-order valence-corrected chi connectivity index (χ1v) is 22.1. The summed E-state index contributed by atoms with van der Waals surface area (Å²) in [5.41, 5.74) is 2.98. The van der Waals surface area contributed by atoms with E-state index in [1.54, 1.807) is 20.8 Å². The molecule has 6 atom stereocenters. The second-order valence-corrected chi connectivity index (χ2v) is 20.0. The lowest BCUT2D eigenvalue weighted by atomic mass is 9.43. The molecule has 4 N–H and O–H groups in total. The number of benzene rings is 2. The minimum absolute atomic E-state index is 0.0689. The normalized spacial score (nSPS) is 23.9. The topological polar surface area (TPSA) is 214 Å². The Balaban J connectivity index is 1.42. The number of urea groups is 2. The van der Waals surface area contributed by atoms with Gasteiger partial charge in [-0.15, -0.1) is 0 Å². The van der Waals surface area contributed by atoms with Gasteiger partial charge >= 0.3 is 25.1 Å². The Morgan fingerprint density at radius 1 is 1.02 bits per heavy atom. The summed E-state index contributed by atoms with van der Waals surface area (Å²) in [7, 11) is -1.78. The van der Waals surface area contributed by atoms with Crippen molar-refractivity contribution in [3.63, 3.8) is 0 Å². The Morgan fingerprint density at radius 3 is 2.27 bits per heavy atom. The molecule has 1 unspecified atom stereocenters. The maximum atomic E-state index is 15.7. The highest BCUT2D eigenvalue weighted by molar-refractivity contribution is 7.89. The number of amides is 5. The average Bonchev–Trinajstić information content (AvgIpc) is 3.76. The zero-order valence-corrected chi connectivity index (χ0v) is 37.6. The fraction of sp³-hybridized carbons (Fsp3) is 0.600. The van der Waals surface area contributed by atoms with E-state index in [1.807, 2.05) is 6.92 Å². The van der Waals surface area contributed by atoms with Crippen LogP contribution in [0.1, 0.15) is 81.9 Å². The van der Waals surface area contributed by atoms with Crippen molar-refractivity contribution in [2.45, 2.75) is 90.1 Å². The molecule has 340 valence electrons. The Morgan fingerprint density at radius 2 is 1.68 bits per heavy atom. The molecule has 22 heteroatoms. The van der Waals surface area contributed by atoms with Crippen LogP contribution in [0, 0.1) is 28.9 Å². The molecular weight excluding hydrogens is 859 g/mol. The van der Waals surface area contributed by atoms with Gasteiger partial charge in [-0.25, -0.2) is 40.8 Å². The van der Waals surface area contributed by atoms with Gasteiger partial charge in [0.15, 0.2) is 17.3 Å². The van der Waals surface area contributed by atoms with Crippen LogP contribution in [0.3, 0.4) is 0 Å². The molecule has 2 bridgehead atoms. The minimum atomic E-state index is -4.19. The minimum Gasteiger partial charge on any atom is -0.495 e. The highest BCUT2D eigenvalue weighted by Crippen LogP contribution is 2.65. The summed E-state index contributed by atoms with van der Waals surface area (Å²) in [5, 5.41) is 4.94. The second-order valence-electron chi connectivity index (χ2n) is 17.6. The molecule has 0 spiro atoms. The highest BCUT2D eigenvalue weighted by atomic mass is 35.5. The van der Waals surface area contributed by atoms with E-state index >= 15 is 8.78 Å². The number of esters is 1. The first kappa shape index (κ1) is 47.1. The molecule has 2 saturated heterocycles. The number of carbonyl (C=O) groups excluding carboxylic acids is 4. The molecule has 3 aliphatic carbocycles. The van der Waals surface area contributed by atoms with Gasteiger partial charge in [0.05, 0.1) is 62.8 Å². The van der Waals surface area contributed by atoms with Gasteiger partial charge in [0.25, 0.3) is 0 Å². The van der Waals surface area contributed by atoms with E-state index in [4.69, 9.17) is 45.6 Å². The fourth-order valence-electron chi connectivity index (χ4n) is 9.20. The first-order chi connectivity index (χ1) is 28.9. The van der Waals surface area contributed by atoms with Crippen LogP contribution < -0.4 is 30.6 Å². The van der Waals surface area contributed by atoms with Crippen LogP contribution in [0.2, 0.25) is 5.02 Å². The molecule has 2 aromatic rings. The van der Waals surface area contributed by atoms with Crippen molar-refractivity contribution in [1.29, 1.82) is 0 Å². The largest absolute Gasteiger partial charge is 0.495 e. The number of methoxy groups -OCH3 is 3. The molecular formula is C40H53BClF2N5O12S. The van der Waals surface area contributed by atoms with Crippen LogP contribution in [0.5, 0.6) is 17.2 Å². The maximum Gasteiger partial charge on any atom is 0.482 e. The summed E-state index contributed by atoms with van der Waals surface area (Å²) in [4.78, 5) is 56.1. The van der Waals surface area contributed by atoms with Crippen LogP contribution in [-0.2, 0) is 35.3 Å². The molecule has 17 nitrogen and oxygen atoms in total. The number of nitrogens with two attached hydrogens (primary N) is 1. The summed E-state index contributed by atoms with van der Waals surface area (Å²) < 4.78 is 92.2. The summed E-state index contributed by atoms with van der Waals surface area (Å²) in [6, 6.07) is -1.06. The van der Waals surface area contributed by atoms with Gasteiger partial charge in [0.1, 0.15) is 28.8 Å². The van der Waals surface area contributed by atoms with Crippen molar-refractivity contribution in [3.05, 3.63) is 51.5 Å². The smallest absolute Gasteiger partial charge is 0.482 e. The van der Waals surface area contributed by atoms with Gasteiger partial charge in [0.2, 0.25) is 15.9 Å². The van der Waals surface area contributed by atoms with E-state index in [-0.39, 0.29) is 64.6 Å². The third-order valence-corrected chi connectivity index (χ3v) is 14.5. The Kier molecular flexibility index (Phi) is 13.1. The number of imide groups is 1. The number of hydrogen-bond donors (Lipinski definition) is 3. The number of sulfonamides is 1. The summed E-state index contributed by atoms with van der Waals surface area (Å²) in [6.45, 7) is 10.1. The predicted octanol–water partition coefficient (Wildman–Crippen LogP) is 4.37. The van der Waals surface area contributed by atoms with Gasteiger partial charge in [0, 0.05) is 12.1 Å². The molecule has 2 heterocycles. The van der Waals surface area contributed by atoms with Crippen molar-refractivity contribution in [2.24, 2.45) is 23.0 Å². The number of carbonyl (C=O) groups is 4. The zero-order valence-electron chi connectivity index (χ0n) is 36.1. The SMILES string of the molecule is COc1c(F)cc(C(NC(=O)N2CCN(S(=O)(=O)CCN)C2=O)C(=O)N[C@@H](Cc2ccc(F)c(C(=O)OC(C)(C)C)c2OC)B2O[C@@H]3C[C@@H]4C[C@@H](C4(C)C)[C@]3(C)O2)c(Cl)c1OC. The van der Waals surface area contributed by atoms with E-state index in [0.29, 0.717) is 21.5 Å². The van der Waals surface area contributed by atoms with Gasteiger partial charge in [-0.1, -0.05) is 31.5 Å². The molecule has 5 amide bonds. The highest BCUT2D eigenvalue weighted by Gasteiger charge is 2.68. The average molecular weight is 912 g/mol. The zero-order chi connectivity index (χ0) is 45.9. The standard InChI is InChI=1S/C40H53BClF2N5O12S/c1-38(2,3)59-35(51)28-23(43)11-10-20(31(28)56-7)16-27(41-60-26-18-21-17-25(39(21,4)5)40(26,6)61-41)46-34(50)30(22-19-24(44)32(57-8)33(58-9)29(22)42)47-36(52)48-13-14-49(37(48)53)62(54,55)15-12-45/h10-11,19,21,25-27,30H,12-18,45H2,1-9H3,(H,46,50)(H,47,52)/t21-,25-,26+,27-,30?,40-/m0/s1. The van der Waals surface area contributed by atoms with E-state index in [9.17, 15) is 27.6 Å². The maximum absolute atomic E-state index is 15.7. The number of hydrogen-bond acceptors (Lipinski definition) is 13. The van der Waals surface area contributed by atoms with Gasteiger partial charge in [-0.2, -0.15) is 0 Å². The molecule has 5 aliphatic rings. The van der Waals surface area contributed by atoms with E-state index in [0.717, 1.165) is 18.6 Å². The number of nitrogens with one attached hydrogen (secondary N) is 2. The number of rotatable bonds is 14. The van der Waals surface area contributed by atoms with Crippen molar-refractivity contribution < 1.29 is 64.6 Å². The van der Waals surface area contributed by atoms with Crippen LogP contribution in [0.4, 0.5) is 18.4 Å². The molecule has 2 aliphatic heterocycles. The number of nitrogens with zero attached hydrogens (tertiary/aromatic N) is 2. The lowest BCUT2D eigenvalue weighted by molar-refractivity contribution is -0.199. The summed E-state index contributed by atoms with van der Waals surface area (Å²) in [6.07, 6.45) is 0.959. The lowest BCUT2D eigenvalue weighted by Crippen LogP contribution is -2.65. The Hall–Kier alpha value is -4.44. The molecule has 5 fully saturated rings. The quantitative estimate of drug-likeness (QED) is 0.178. The molecule has 62 heavy (non-hydrogen) atoms. The van der Waals surface area contributed by atoms with E-state index in [2.05, 4.69) is 24.5 Å².